The summed E-state index contributed by atoms with van der Waals surface area (Å²) in [7, 11) is 3.19. The number of nitrogens with zero attached hydrogens (tertiary/aromatic N) is 2. The van der Waals surface area contributed by atoms with Gasteiger partial charge in [0.15, 0.2) is 5.60 Å². The number of hydrogen-bond donors (Lipinski definition) is 2. The summed E-state index contributed by atoms with van der Waals surface area (Å²) in [5.41, 5.74) is -0.493. The third kappa shape index (κ3) is 6.72. The number of carboxylic acids is 1. The number of likely N-dealkylation sites (tertiary alicyclic amines) is 1. The number of aliphatic hydroxyl groups excluding tert-OH is 1. The van der Waals surface area contributed by atoms with E-state index in [2.05, 4.69) is 4.90 Å². The van der Waals surface area contributed by atoms with E-state index in [1.165, 1.54) is 30.9 Å². The standard InChI is InChI=1S/C28H34Cl2N2O7/c1-27(2,26(35)36)38-24-13-23(20(12-21(24)30)25(34)31(3)4)37-16-19(33)15-32-9-7-28(8-10-32)14-17-11-18(29)5-6-22(17)39-28/h5-6,11-13,19,33H,7-10,14-16H2,1-4H3,(H,35,36). The van der Waals surface area contributed by atoms with Crippen LogP contribution in [0.1, 0.15) is 42.6 Å². The summed E-state index contributed by atoms with van der Waals surface area (Å²) in [6.07, 6.45) is 1.64. The number of hydrogen-bond acceptors (Lipinski definition) is 7. The molecule has 0 aromatic heterocycles. The molecule has 1 amide bonds. The Hall–Kier alpha value is -2.72. The van der Waals surface area contributed by atoms with Crippen molar-refractivity contribution >= 4 is 35.1 Å². The van der Waals surface area contributed by atoms with Gasteiger partial charge in [-0.05, 0) is 43.7 Å². The van der Waals surface area contributed by atoms with Gasteiger partial charge in [-0.15, -0.1) is 0 Å². The predicted molar refractivity (Wildman–Crippen MR) is 148 cm³/mol. The minimum Gasteiger partial charge on any atom is -0.490 e. The molecule has 212 valence electrons. The van der Waals surface area contributed by atoms with Gasteiger partial charge < -0.3 is 34.2 Å². The maximum absolute atomic E-state index is 12.8. The van der Waals surface area contributed by atoms with E-state index in [9.17, 15) is 19.8 Å². The van der Waals surface area contributed by atoms with Crippen LogP contribution < -0.4 is 14.2 Å². The zero-order valence-electron chi connectivity index (χ0n) is 22.5. The van der Waals surface area contributed by atoms with Gasteiger partial charge in [0.2, 0.25) is 0 Å². The van der Waals surface area contributed by atoms with Gasteiger partial charge in [0.1, 0.15) is 35.6 Å². The smallest absolute Gasteiger partial charge is 0.347 e. The zero-order valence-corrected chi connectivity index (χ0v) is 24.0. The summed E-state index contributed by atoms with van der Waals surface area (Å²) in [5, 5.41) is 21.0. The second-order valence-corrected chi connectivity index (χ2v) is 11.7. The molecule has 2 aliphatic heterocycles. The van der Waals surface area contributed by atoms with Gasteiger partial charge in [-0.25, -0.2) is 4.79 Å². The van der Waals surface area contributed by atoms with Gasteiger partial charge in [0, 0.05) is 64.1 Å². The number of carbonyl (C=O) groups is 2. The third-order valence-electron chi connectivity index (χ3n) is 7.08. The maximum Gasteiger partial charge on any atom is 0.347 e. The minimum atomic E-state index is -1.56. The fraction of sp³-hybridized carbons (Fsp3) is 0.500. The van der Waals surface area contributed by atoms with Crippen molar-refractivity contribution in [3.8, 4) is 17.2 Å². The van der Waals surface area contributed by atoms with Crippen molar-refractivity contribution in [1.82, 2.24) is 9.80 Å². The quantitative estimate of drug-likeness (QED) is 0.455. The molecule has 39 heavy (non-hydrogen) atoms. The number of halogens is 2. The van der Waals surface area contributed by atoms with Gasteiger partial charge in [-0.1, -0.05) is 23.2 Å². The van der Waals surface area contributed by atoms with E-state index < -0.39 is 17.7 Å². The van der Waals surface area contributed by atoms with Crippen LogP contribution in [0.15, 0.2) is 30.3 Å². The fourth-order valence-corrected chi connectivity index (χ4v) is 5.22. The van der Waals surface area contributed by atoms with Crippen molar-refractivity contribution in [2.75, 3.05) is 40.3 Å². The molecule has 2 aromatic rings. The summed E-state index contributed by atoms with van der Waals surface area (Å²) in [4.78, 5) is 27.8. The van der Waals surface area contributed by atoms with E-state index in [1.807, 2.05) is 18.2 Å². The molecule has 11 heteroatoms. The molecule has 1 spiro atoms. The topological polar surface area (TPSA) is 109 Å². The first-order chi connectivity index (χ1) is 18.3. The van der Waals surface area contributed by atoms with Crippen molar-refractivity contribution in [1.29, 1.82) is 0 Å². The molecule has 1 fully saturated rings. The SMILES string of the molecule is CN(C)C(=O)c1cc(Cl)c(OC(C)(C)C(=O)O)cc1OCC(O)CN1CCC2(CC1)Cc1cc(Cl)ccc1O2. The highest BCUT2D eigenvalue weighted by Crippen LogP contribution is 2.42. The fourth-order valence-electron chi connectivity index (χ4n) is 4.82. The van der Waals surface area contributed by atoms with E-state index in [0.29, 0.717) is 11.6 Å². The number of amides is 1. The third-order valence-corrected chi connectivity index (χ3v) is 7.61. The van der Waals surface area contributed by atoms with Gasteiger partial charge >= 0.3 is 5.97 Å². The van der Waals surface area contributed by atoms with Gasteiger partial charge in [0.05, 0.1) is 10.6 Å². The van der Waals surface area contributed by atoms with Crippen LogP contribution in [0.2, 0.25) is 10.0 Å². The molecular weight excluding hydrogens is 547 g/mol. The summed E-state index contributed by atoms with van der Waals surface area (Å²) in [5.74, 6) is -0.442. The molecule has 2 heterocycles. The van der Waals surface area contributed by atoms with Crippen LogP contribution in [0, 0.1) is 0 Å². The zero-order chi connectivity index (χ0) is 28.5. The Morgan fingerprint density at radius 2 is 1.85 bits per heavy atom. The lowest BCUT2D eigenvalue weighted by atomic mass is 9.87. The molecular formula is C28H34Cl2N2O7. The Kier molecular flexibility index (Phi) is 8.56. The Morgan fingerprint density at radius 1 is 1.15 bits per heavy atom. The Morgan fingerprint density at radius 3 is 2.49 bits per heavy atom. The molecule has 0 saturated carbocycles. The molecule has 2 aliphatic rings. The number of benzene rings is 2. The number of carbonyl (C=O) groups excluding carboxylic acids is 1. The van der Waals surface area contributed by atoms with Crippen LogP contribution in [0.25, 0.3) is 0 Å². The number of aliphatic carboxylic acids is 1. The molecule has 0 bridgehead atoms. The molecule has 2 aromatic carbocycles. The Bertz CT molecular complexity index is 1240. The van der Waals surface area contributed by atoms with Crippen LogP contribution in [-0.4, -0.2) is 89.5 Å². The molecule has 9 nitrogen and oxygen atoms in total. The molecule has 4 rings (SSSR count). The van der Waals surface area contributed by atoms with Crippen molar-refractivity contribution in [2.24, 2.45) is 0 Å². The molecule has 1 saturated heterocycles. The predicted octanol–water partition coefficient (Wildman–Crippen LogP) is 4.15. The highest BCUT2D eigenvalue weighted by atomic mass is 35.5. The highest BCUT2D eigenvalue weighted by molar-refractivity contribution is 6.32. The average molecular weight is 581 g/mol. The number of carboxylic acid groups (broad SMARTS) is 1. The van der Waals surface area contributed by atoms with Crippen LogP contribution >= 0.6 is 23.2 Å². The van der Waals surface area contributed by atoms with Crippen LogP contribution in [-0.2, 0) is 11.2 Å². The first kappa shape index (κ1) is 29.3. The number of rotatable bonds is 9. The van der Waals surface area contributed by atoms with E-state index in [-0.39, 0.29) is 40.2 Å². The highest BCUT2D eigenvalue weighted by Gasteiger charge is 2.42. The summed E-state index contributed by atoms with van der Waals surface area (Å²) >= 11 is 12.5. The molecule has 1 atom stereocenters. The minimum absolute atomic E-state index is 0.0593. The molecule has 1 unspecified atom stereocenters. The van der Waals surface area contributed by atoms with Crippen LogP contribution in [0.3, 0.4) is 0 Å². The van der Waals surface area contributed by atoms with Crippen LogP contribution in [0.5, 0.6) is 17.2 Å². The number of piperidine rings is 1. The number of β-amino-alcohol motifs (C(OH)–C–C–N with tert-alkyl or cyclic N) is 1. The lowest BCUT2D eigenvalue weighted by Gasteiger charge is -2.39. The largest absolute Gasteiger partial charge is 0.490 e. The summed E-state index contributed by atoms with van der Waals surface area (Å²) < 4.78 is 17.8. The van der Waals surface area contributed by atoms with Gasteiger partial charge in [-0.3, -0.25) is 4.79 Å². The lowest BCUT2D eigenvalue weighted by molar-refractivity contribution is -0.152. The Balaban J connectivity index is 1.38. The average Bonchev–Trinajstić information content (AvgIpc) is 3.21. The van der Waals surface area contributed by atoms with Crippen molar-refractivity contribution in [2.45, 2.75) is 50.4 Å². The van der Waals surface area contributed by atoms with E-state index in [1.54, 1.807) is 14.1 Å². The summed E-state index contributed by atoms with van der Waals surface area (Å²) in [6.45, 7) is 4.59. The maximum atomic E-state index is 12.8. The van der Waals surface area contributed by atoms with Crippen molar-refractivity contribution in [3.63, 3.8) is 0 Å². The number of ether oxygens (including phenoxy) is 3. The second-order valence-electron chi connectivity index (χ2n) is 10.9. The van der Waals surface area contributed by atoms with E-state index >= 15 is 0 Å². The molecule has 0 radical (unpaired) electrons. The lowest BCUT2D eigenvalue weighted by Crippen LogP contribution is -2.49. The number of fused-ring (bicyclic) bond motifs is 1. The van der Waals surface area contributed by atoms with Gasteiger partial charge in [0.25, 0.3) is 5.91 Å². The Labute approximate surface area is 238 Å². The normalized spacial score (nSPS) is 17.3. The van der Waals surface area contributed by atoms with Crippen molar-refractivity contribution < 1.29 is 34.0 Å². The molecule has 0 aliphatic carbocycles. The van der Waals surface area contributed by atoms with Crippen LogP contribution in [0.4, 0.5) is 0 Å². The van der Waals surface area contributed by atoms with E-state index in [0.717, 1.165) is 43.7 Å². The van der Waals surface area contributed by atoms with E-state index in [4.69, 9.17) is 37.4 Å². The second kappa shape index (κ2) is 11.4. The summed E-state index contributed by atoms with van der Waals surface area (Å²) in [6, 6.07) is 8.50. The monoisotopic (exact) mass is 580 g/mol. The molecule has 2 N–H and O–H groups in total. The number of aliphatic hydroxyl groups is 1. The first-order valence-electron chi connectivity index (χ1n) is 12.8. The van der Waals surface area contributed by atoms with Gasteiger partial charge in [-0.2, -0.15) is 0 Å². The van der Waals surface area contributed by atoms with Crippen molar-refractivity contribution in [3.05, 3.63) is 51.5 Å². The first-order valence-corrected chi connectivity index (χ1v) is 13.5.